The SMILES string of the molecule is CN(C)CCOc1ccc(NCc2ccn(C)c2)cc1. The molecule has 1 N–H and O–H groups in total. The maximum absolute atomic E-state index is 5.67. The highest BCUT2D eigenvalue weighted by molar-refractivity contribution is 5.46. The van der Waals surface area contributed by atoms with Crippen molar-refractivity contribution >= 4 is 5.69 Å². The summed E-state index contributed by atoms with van der Waals surface area (Å²) in [5.41, 5.74) is 2.38. The van der Waals surface area contributed by atoms with E-state index in [2.05, 4.69) is 33.2 Å². The number of likely N-dealkylation sites (N-methyl/N-ethyl adjacent to an activating group) is 1. The number of benzene rings is 1. The number of aryl methyl sites for hydroxylation is 1. The van der Waals surface area contributed by atoms with Crippen LogP contribution in [0.15, 0.2) is 42.7 Å². The van der Waals surface area contributed by atoms with Gasteiger partial charge >= 0.3 is 0 Å². The molecular formula is C16H23N3O. The van der Waals surface area contributed by atoms with Crippen molar-refractivity contribution in [1.82, 2.24) is 9.47 Å². The Morgan fingerprint density at radius 2 is 1.90 bits per heavy atom. The summed E-state index contributed by atoms with van der Waals surface area (Å²) in [7, 11) is 6.11. The molecule has 1 heterocycles. The van der Waals surface area contributed by atoms with Gasteiger partial charge in [0.15, 0.2) is 0 Å². The Bertz CT molecular complexity index is 517. The summed E-state index contributed by atoms with van der Waals surface area (Å²) in [6.45, 7) is 2.47. The Balaban J connectivity index is 1.79. The second-order valence-electron chi connectivity index (χ2n) is 5.21. The Labute approximate surface area is 121 Å². The number of anilines is 1. The fraction of sp³-hybridized carbons (Fsp3) is 0.375. The number of hydrogen-bond donors (Lipinski definition) is 1. The van der Waals surface area contributed by atoms with E-state index in [9.17, 15) is 0 Å². The highest BCUT2D eigenvalue weighted by atomic mass is 16.5. The third kappa shape index (κ3) is 4.63. The Morgan fingerprint density at radius 1 is 1.15 bits per heavy atom. The van der Waals surface area contributed by atoms with E-state index < -0.39 is 0 Å². The van der Waals surface area contributed by atoms with Crippen LogP contribution in [0.4, 0.5) is 5.69 Å². The lowest BCUT2D eigenvalue weighted by Gasteiger charge is -2.11. The molecule has 0 unspecified atom stereocenters. The van der Waals surface area contributed by atoms with Crippen molar-refractivity contribution in [3.8, 4) is 5.75 Å². The Morgan fingerprint density at radius 3 is 2.50 bits per heavy atom. The van der Waals surface area contributed by atoms with Gasteiger partial charge in [0.2, 0.25) is 0 Å². The number of rotatable bonds is 7. The molecule has 1 aromatic carbocycles. The quantitative estimate of drug-likeness (QED) is 0.841. The van der Waals surface area contributed by atoms with Crippen LogP contribution in [-0.4, -0.2) is 36.7 Å². The van der Waals surface area contributed by atoms with Crippen molar-refractivity contribution in [2.45, 2.75) is 6.54 Å². The predicted octanol–water partition coefficient (Wildman–Crippen LogP) is 2.58. The number of aromatic nitrogens is 1. The molecule has 0 radical (unpaired) electrons. The minimum atomic E-state index is 0.712. The largest absolute Gasteiger partial charge is 0.492 e. The number of nitrogens with one attached hydrogen (secondary N) is 1. The van der Waals surface area contributed by atoms with Crippen molar-refractivity contribution in [2.75, 3.05) is 32.6 Å². The summed E-state index contributed by atoms with van der Waals surface area (Å²) in [6, 6.07) is 10.2. The number of hydrogen-bond acceptors (Lipinski definition) is 3. The average Bonchev–Trinajstić information content (AvgIpc) is 2.83. The van der Waals surface area contributed by atoms with Gasteiger partial charge in [-0.3, -0.25) is 0 Å². The predicted molar refractivity (Wildman–Crippen MR) is 83.2 cm³/mol. The van der Waals surface area contributed by atoms with E-state index in [1.165, 1.54) is 5.56 Å². The van der Waals surface area contributed by atoms with Crippen LogP contribution in [-0.2, 0) is 13.6 Å². The van der Waals surface area contributed by atoms with Crippen LogP contribution in [0.3, 0.4) is 0 Å². The van der Waals surface area contributed by atoms with Crippen LogP contribution in [0.1, 0.15) is 5.56 Å². The minimum absolute atomic E-state index is 0.712. The van der Waals surface area contributed by atoms with E-state index >= 15 is 0 Å². The summed E-state index contributed by atoms with van der Waals surface area (Å²) in [6.07, 6.45) is 4.17. The van der Waals surface area contributed by atoms with E-state index in [1.807, 2.05) is 45.4 Å². The van der Waals surface area contributed by atoms with Crippen molar-refractivity contribution in [2.24, 2.45) is 7.05 Å². The molecule has 2 aromatic rings. The topological polar surface area (TPSA) is 29.4 Å². The molecule has 0 spiro atoms. The summed E-state index contributed by atoms with van der Waals surface area (Å²) >= 11 is 0. The zero-order valence-corrected chi connectivity index (χ0v) is 12.5. The molecule has 0 bridgehead atoms. The third-order valence-electron chi connectivity index (χ3n) is 3.05. The van der Waals surface area contributed by atoms with Crippen LogP contribution in [0, 0.1) is 0 Å². The highest BCUT2D eigenvalue weighted by Gasteiger charge is 1.98. The molecule has 0 saturated heterocycles. The molecule has 4 heteroatoms. The maximum Gasteiger partial charge on any atom is 0.119 e. The van der Waals surface area contributed by atoms with Gasteiger partial charge in [0.25, 0.3) is 0 Å². The van der Waals surface area contributed by atoms with Crippen LogP contribution in [0.25, 0.3) is 0 Å². The summed E-state index contributed by atoms with van der Waals surface area (Å²) in [4.78, 5) is 2.11. The Hall–Kier alpha value is -1.94. The van der Waals surface area contributed by atoms with E-state index in [1.54, 1.807) is 0 Å². The fourth-order valence-electron chi connectivity index (χ4n) is 1.88. The average molecular weight is 273 g/mol. The summed E-state index contributed by atoms with van der Waals surface area (Å²) in [5.74, 6) is 0.914. The van der Waals surface area contributed by atoms with Gasteiger partial charge in [-0.1, -0.05) is 0 Å². The summed E-state index contributed by atoms with van der Waals surface area (Å²) < 4.78 is 7.72. The maximum atomic E-state index is 5.67. The first kappa shape index (κ1) is 14.5. The fourth-order valence-corrected chi connectivity index (χ4v) is 1.88. The number of ether oxygens (including phenoxy) is 1. The van der Waals surface area contributed by atoms with Gasteiger partial charge in [-0.05, 0) is 50.0 Å². The van der Waals surface area contributed by atoms with E-state index in [0.29, 0.717) is 6.61 Å². The standard InChI is InChI=1S/C16H23N3O/c1-18(2)10-11-20-16-6-4-15(5-7-16)17-12-14-8-9-19(3)13-14/h4-9,13,17H,10-12H2,1-3H3. The van der Waals surface area contributed by atoms with Gasteiger partial charge in [0.1, 0.15) is 12.4 Å². The van der Waals surface area contributed by atoms with Gasteiger partial charge in [-0.25, -0.2) is 0 Å². The van der Waals surface area contributed by atoms with E-state index in [4.69, 9.17) is 4.74 Å². The molecule has 0 saturated carbocycles. The molecule has 0 aliphatic heterocycles. The molecule has 0 aliphatic rings. The monoisotopic (exact) mass is 273 g/mol. The van der Waals surface area contributed by atoms with Gasteiger partial charge in [0.05, 0.1) is 0 Å². The van der Waals surface area contributed by atoms with Crippen LogP contribution < -0.4 is 10.1 Å². The normalized spacial score (nSPS) is 10.8. The van der Waals surface area contributed by atoms with Crippen LogP contribution >= 0.6 is 0 Å². The molecular weight excluding hydrogens is 250 g/mol. The molecule has 4 nitrogen and oxygen atoms in total. The van der Waals surface area contributed by atoms with Gasteiger partial charge in [0, 0.05) is 38.2 Å². The third-order valence-corrected chi connectivity index (χ3v) is 3.05. The molecule has 108 valence electrons. The van der Waals surface area contributed by atoms with Gasteiger partial charge in [-0.15, -0.1) is 0 Å². The summed E-state index contributed by atoms with van der Waals surface area (Å²) in [5, 5.41) is 3.40. The van der Waals surface area contributed by atoms with Gasteiger partial charge < -0.3 is 19.5 Å². The lowest BCUT2D eigenvalue weighted by Crippen LogP contribution is -2.19. The highest BCUT2D eigenvalue weighted by Crippen LogP contribution is 2.16. The van der Waals surface area contributed by atoms with Crippen molar-refractivity contribution in [3.05, 3.63) is 48.3 Å². The zero-order chi connectivity index (χ0) is 14.4. The van der Waals surface area contributed by atoms with E-state index in [0.717, 1.165) is 24.5 Å². The molecule has 2 rings (SSSR count). The van der Waals surface area contributed by atoms with Gasteiger partial charge in [-0.2, -0.15) is 0 Å². The van der Waals surface area contributed by atoms with Crippen molar-refractivity contribution < 1.29 is 4.74 Å². The molecule has 0 amide bonds. The second kappa shape index (κ2) is 7.01. The van der Waals surface area contributed by atoms with Crippen molar-refractivity contribution in [3.63, 3.8) is 0 Å². The molecule has 20 heavy (non-hydrogen) atoms. The van der Waals surface area contributed by atoms with Crippen LogP contribution in [0.5, 0.6) is 5.75 Å². The molecule has 1 aromatic heterocycles. The van der Waals surface area contributed by atoms with Crippen LogP contribution in [0.2, 0.25) is 0 Å². The molecule has 0 atom stereocenters. The second-order valence-corrected chi connectivity index (χ2v) is 5.21. The van der Waals surface area contributed by atoms with E-state index in [-0.39, 0.29) is 0 Å². The first-order valence-electron chi connectivity index (χ1n) is 6.86. The molecule has 0 aliphatic carbocycles. The Kier molecular flexibility index (Phi) is 5.07. The molecule has 0 fully saturated rings. The van der Waals surface area contributed by atoms with Crippen molar-refractivity contribution in [1.29, 1.82) is 0 Å². The first-order valence-corrected chi connectivity index (χ1v) is 6.86. The first-order chi connectivity index (χ1) is 9.63. The lowest BCUT2D eigenvalue weighted by atomic mass is 10.3. The number of nitrogens with zero attached hydrogens (tertiary/aromatic N) is 2. The smallest absolute Gasteiger partial charge is 0.119 e. The lowest BCUT2D eigenvalue weighted by molar-refractivity contribution is 0.261. The zero-order valence-electron chi connectivity index (χ0n) is 12.5. The minimum Gasteiger partial charge on any atom is -0.492 e.